The average molecular weight is 668 g/mol. The molecule has 0 saturated carbocycles. The third kappa shape index (κ3) is 13.3. The van der Waals surface area contributed by atoms with Crippen LogP contribution in [-0.2, 0) is 33.3 Å². The predicted molar refractivity (Wildman–Crippen MR) is 168 cm³/mol. The Morgan fingerprint density at radius 2 is 1.79 bits per heavy atom. The number of esters is 1. The van der Waals surface area contributed by atoms with Crippen LogP contribution >= 0.6 is 0 Å². The molecule has 264 valence electrons. The molecule has 0 aromatic heterocycles. The summed E-state index contributed by atoms with van der Waals surface area (Å²) in [6.07, 6.45) is 8.06. The molecule has 8 unspecified atom stereocenters. The van der Waals surface area contributed by atoms with Crippen molar-refractivity contribution in [2.45, 2.75) is 106 Å². The van der Waals surface area contributed by atoms with Gasteiger partial charge in [0.05, 0.1) is 49.3 Å². The van der Waals surface area contributed by atoms with Crippen LogP contribution in [0.4, 0.5) is 0 Å². The summed E-state index contributed by atoms with van der Waals surface area (Å²) in [6.45, 7) is 1.05. The number of carboxylic acid groups (broad SMARTS) is 1. The van der Waals surface area contributed by atoms with E-state index in [9.17, 15) is 40.2 Å². The summed E-state index contributed by atoms with van der Waals surface area (Å²) in [5, 5.41) is 61.3. The van der Waals surface area contributed by atoms with Gasteiger partial charge in [0.15, 0.2) is 6.29 Å². The fraction of sp³-hybridized carbons (Fsp3) is 0.636. The molecule has 14 heteroatoms. The Balaban J connectivity index is 1.85. The zero-order valence-electron chi connectivity index (χ0n) is 26.5. The number of epoxide rings is 1. The quantitative estimate of drug-likeness (QED) is 0.140. The number of rotatable bonds is 7. The molecule has 3 aliphatic rings. The molecule has 8 N–H and O–H groups in total. The van der Waals surface area contributed by atoms with Gasteiger partial charge in [-0.15, -0.1) is 0 Å². The van der Waals surface area contributed by atoms with Crippen molar-refractivity contribution in [3.8, 4) is 0 Å². The van der Waals surface area contributed by atoms with E-state index in [4.69, 9.17) is 29.4 Å². The van der Waals surface area contributed by atoms with Gasteiger partial charge in [0, 0.05) is 38.6 Å². The van der Waals surface area contributed by atoms with E-state index in [2.05, 4.69) is 0 Å². The molecule has 0 aliphatic carbocycles. The lowest BCUT2D eigenvalue weighted by Gasteiger charge is -2.38. The maximum Gasteiger partial charge on any atom is 0.330 e. The van der Waals surface area contributed by atoms with Gasteiger partial charge in [-0.2, -0.15) is 0 Å². The molecule has 2 fully saturated rings. The summed E-state index contributed by atoms with van der Waals surface area (Å²) < 4.78 is 28.4. The Kier molecular flexibility index (Phi) is 16.4. The molecular weight excluding hydrogens is 618 g/mol. The van der Waals surface area contributed by atoms with Crippen molar-refractivity contribution in [2.24, 2.45) is 11.7 Å². The van der Waals surface area contributed by atoms with E-state index in [0.29, 0.717) is 6.42 Å². The third-order valence-corrected chi connectivity index (χ3v) is 7.98. The molecule has 0 bridgehead atoms. The number of fused-ring (bicyclic) bond motifs is 1. The van der Waals surface area contributed by atoms with Gasteiger partial charge in [-0.05, 0) is 25.8 Å². The van der Waals surface area contributed by atoms with E-state index in [0.717, 1.165) is 0 Å². The molecule has 3 rings (SSSR count). The van der Waals surface area contributed by atoms with E-state index in [1.54, 1.807) is 55.5 Å². The van der Waals surface area contributed by atoms with Crippen LogP contribution in [0.2, 0.25) is 0 Å². The zero-order chi connectivity index (χ0) is 34.3. The SMILES string of the molecule is CC1C/C=C/C=C/C=C/C=C/C(OC2OCC(O)[C@H](N)[C@@H]2O)C[C@@H](C(C(=O)O)[C@@H](O)CCO)OCCC(O)CC2OC2/C=C/C(=O)O1. The van der Waals surface area contributed by atoms with Crippen LogP contribution in [0.25, 0.3) is 0 Å². The molecule has 0 aromatic rings. The smallest absolute Gasteiger partial charge is 0.330 e. The van der Waals surface area contributed by atoms with E-state index >= 15 is 0 Å². The molecule has 0 amide bonds. The minimum atomic E-state index is -1.48. The Morgan fingerprint density at radius 1 is 1.06 bits per heavy atom. The van der Waals surface area contributed by atoms with E-state index in [-0.39, 0.29) is 57.2 Å². The minimum Gasteiger partial charge on any atom is -0.481 e. The van der Waals surface area contributed by atoms with Crippen molar-refractivity contribution in [1.82, 2.24) is 0 Å². The fourth-order valence-electron chi connectivity index (χ4n) is 5.22. The summed E-state index contributed by atoms with van der Waals surface area (Å²) in [5.74, 6) is -3.34. The maximum atomic E-state index is 12.4. The van der Waals surface area contributed by atoms with Crippen molar-refractivity contribution < 1.29 is 63.9 Å². The molecule has 2 saturated heterocycles. The van der Waals surface area contributed by atoms with Crippen molar-refractivity contribution in [3.63, 3.8) is 0 Å². The number of aliphatic hydroxyl groups is 5. The molecular formula is C33H49NO13. The molecule has 14 nitrogen and oxygen atoms in total. The Labute approximate surface area is 274 Å². The second-order valence-corrected chi connectivity index (χ2v) is 11.8. The number of carbonyl (C=O) groups is 2. The summed E-state index contributed by atoms with van der Waals surface area (Å²) in [4.78, 5) is 24.5. The normalized spacial score (nSPS) is 39.5. The van der Waals surface area contributed by atoms with Crippen LogP contribution in [-0.4, -0.2) is 130 Å². The number of aliphatic hydroxyl groups excluding tert-OH is 5. The lowest BCUT2D eigenvalue weighted by atomic mass is 9.90. The molecule has 47 heavy (non-hydrogen) atoms. The summed E-state index contributed by atoms with van der Waals surface area (Å²) in [5.41, 5.74) is 5.90. The Hall–Kier alpha value is -2.76. The topological polar surface area (TPSA) is 231 Å². The standard InChI is InChI=1S/C33H49NO13/c1-20-9-7-5-3-2-4-6-8-10-22(46-33-31(40)30(34)24(38)19-44-33)18-27(29(32(41)42)23(37)13-15-35)43-16-14-21(36)17-26-25(47-26)11-12-28(39)45-20/h2-8,10-12,20-27,29-31,33,35-38,40H,9,13-19,34H2,1H3,(H,41,42)/b3-2+,6-4+,7-5+,10-8+,12-11+/t20?,21?,22?,23-,24?,25?,26?,27-,29?,30-,31-,33?/m0/s1. The molecule has 0 spiro atoms. The monoisotopic (exact) mass is 667 g/mol. The highest BCUT2D eigenvalue weighted by Gasteiger charge is 2.41. The third-order valence-electron chi connectivity index (χ3n) is 7.98. The number of nitrogens with two attached hydrogens (primary N) is 1. The van der Waals surface area contributed by atoms with Gasteiger partial charge in [-0.25, -0.2) is 4.79 Å². The highest BCUT2D eigenvalue weighted by molar-refractivity contribution is 5.82. The molecule has 3 heterocycles. The van der Waals surface area contributed by atoms with Crippen molar-refractivity contribution in [3.05, 3.63) is 60.8 Å². The fourth-order valence-corrected chi connectivity index (χ4v) is 5.22. The second-order valence-electron chi connectivity index (χ2n) is 11.8. The number of ether oxygens (including phenoxy) is 5. The molecule has 3 aliphatic heterocycles. The Morgan fingerprint density at radius 3 is 2.51 bits per heavy atom. The summed E-state index contributed by atoms with van der Waals surface area (Å²) in [6, 6.07) is -1.04. The first-order valence-corrected chi connectivity index (χ1v) is 15.9. The van der Waals surface area contributed by atoms with Crippen LogP contribution in [0, 0.1) is 5.92 Å². The number of hydrogen-bond donors (Lipinski definition) is 7. The molecule has 0 aromatic carbocycles. The van der Waals surface area contributed by atoms with Crippen molar-refractivity contribution in [2.75, 3.05) is 19.8 Å². The van der Waals surface area contributed by atoms with Crippen LogP contribution in [0.15, 0.2) is 60.8 Å². The number of hydrogen-bond acceptors (Lipinski definition) is 13. The van der Waals surface area contributed by atoms with Crippen LogP contribution in [0.1, 0.15) is 39.0 Å². The van der Waals surface area contributed by atoms with Gasteiger partial charge in [-0.3, -0.25) is 4.79 Å². The number of aliphatic carboxylic acids is 1. The highest BCUT2D eigenvalue weighted by Crippen LogP contribution is 2.29. The van der Waals surface area contributed by atoms with Gasteiger partial charge < -0.3 is 60.1 Å². The lowest BCUT2D eigenvalue weighted by molar-refractivity contribution is -0.255. The maximum absolute atomic E-state index is 12.4. The number of carboxylic acids is 1. The first-order chi connectivity index (χ1) is 22.5. The summed E-state index contributed by atoms with van der Waals surface area (Å²) in [7, 11) is 0. The summed E-state index contributed by atoms with van der Waals surface area (Å²) >= 11 is 0. The first-order valence-electron chi connectivity index (χ1n) is 15.9. The molecule has 12 atom stereocenters. The lowest BCUT2D eigenvalue weighted by Crippen LogP contribution is -2.58. The number of carbonyl (C=O) groups excluding carboxylic acids is 1. The van der Waals surface area contributed by atoms with Gasteiger partial charge in [0.2, 0.25) is 0 Å². The van der Waals surface area contributed by atoms with E-state index in [1.165, 1.54) is 6.08 Å². The van der Waals surface area contributed by atoms with E-state index in [1.807, 2.05) is 6.08 Å². The molecule has 0 radical (unpaired) electrons. The minimum absolute atomic E-state index is 0.0901. The van der Waals surface area contributed by atoms with Gasteiger partial charge >= 0.3 is 11.9 Å². The Bertz CT molecular complexity index is 1120. The second kappa shape index (κ2) is 19.9. The van der Waals surface area contributed by atoms with Crippen LogP contribution in [0.5, 0.6) is 0 Å². The number of allylic oxidation sites excluding steroid dienone is 6. The predicted octanol–water partition coefficient (Wildman–Crippen LogP) is 0.0213. The van der Waals surface area contributed by atoms with Gasteiger partial charge in [0.25, 0.3) is 0 Å². The first kappa shape index (κ1) is 38.7. The van der Waals surface area contributed by atoms with Gasteiger partial charge in [0.1, 0.15) is 24.2 Å². The number of cyclic esters (lactones) is 1. The van der Waals surface area contributed by atoms with E-state index < -0.39 is 73.4 Å². The van der Waals surface area contributed by atoms with Crippen LogP contribution in [0.3, 0.4) is 0 Å². The van der Waals surface area contributed by atoms with Gasteiger partial charge in [-0.1, -0.05) is 48.6 Å². The largest absolute Gasteiger partial charge is 0.481 e. The zero-order valence-corrected chi connectivity index (χ0v) is 26.5. The highest BCUT2D eigenvalue weighted by atomic mass is 16.7. The van der Waals surface area contributed by atoms with Crippen molar-refractivity contribution >= 4 is 11.9 Å². The van der Waals surface area contributed by atoms with Crippen molar-refractivity contribution in [1.29, 1.82) is 0 Å². The van der Waals surface area contributed by atoms with Crippen LogP contribution < -0.4 is 5.73 Å². The average Bonchev–Trinajstić information content (AvgIpc) is 3.76.